The van der Waals surface area contributed by atoms with Gasteiger partial charge in [0.25, 0.3) is 0 Å². The third-order valence-electron chi connectivity index (χ3n) is 4.33. The van der Waals surface area contributed by atoms with E-state index in [1.807, 2.05) is 21.6 Å². The van der Waals surface area contributed by atoms with E-state index in [9.17, 15) is 19.9 Å². The van der Waals surface area contributed by atoms with Crippen LogP contribution in [0.3, 0.4) is 0 Å². The van der Waals surface area contributed by atoms with Gasteiger partial charge in [-0.2, -0.15) is 0 Å². The van der Waals surface area contributed by atoms with Crippen LogP contribution >= 0.6 is 21.6 Å². The fourth-order valence-corrected chi connectivity index (χ4v) is 5.86. The molecule has 138 valence electrons. The Balaban J connectivity index is 1.75. The Morgan fingerprint density at radius 2 is 2.20 bits per heavy atom. The summed E-state index contributed by atoms with van der Waals surface area (Å²) in [6, 6.07) is 5.09. The monoisotopic (exact) mass is 383 g/mol. The number of hydrogen-bond acceptors (Lipinski definition) is 6. The Morgan fingerprint density at radius 1 is 1.40 bits per heavy atom. The zero-order valence-corrected chi connectivity index (χ0v) is 16.1. The van der Waals surface area contributed by atoms with E-state index in [-0.39, 0.29) is 11.7 Å². The molecular formula is C17H26BNO4S2. The maximum Gasteiger partial charge on any atom is 0.475 e. The van der Waals surface area contributed by atoms with Crippen molar-refractivity contribution >= 4 is 34.6 Å². The molecule has 8 heteroatoms. The molecule has 1 heterocycles. The molecule has 4 N–H and O–H groups in total. The molecule has 0 unspecified atom stereocenters. The topological polar surface area (TPSA) is 89.8 Å². The van der Waals surface area contributed by atoms with E-state index in [0.717, 1.165) is 35.6 Å². The molecule has 0 spiro atoms. The first-order valence-electron chi connectivity index (χ1n) is 8.68. The maximum atomic E-state index is 12.1. The lowest BCUT2D eigenvalue weighted by Crippen LogP contribution is -2.47. The molecule has 25 heavy (non-hydrogen) atoms. The first-order chi connectivity index (χ1) is 12.0. The standard InChI is InChI=1S/C17H26BNO4S2/c1-12-10-13(6-7-15(12)20)11-16(18(22)23)19-17(21)5-3-2-4-14-8-9-24-25-14/h6-7,10,14,16,20,22-23H,2-5,8-9,11H2,1H3,(H,19,21)/t14-,16-/m1/s1. The number of carbonyl (C=O) groups excluding carboxylic acids is 1. The minimum absolute atomic E-state index is 0.151. The smallest absolute Gasteiger partial charge is 0.475 e. The van der Waals surface area contributed by atoms with E-state index < -0.39 is 13.1 Å². The van der Waals surface area contributed by atoms with E-state index in [1.54, 1.807) is 25.1 Å². The third-order valence-corrected chi connectivity index (χ3v) is 7.34. The van der Waals surface area contributed by atoms with Crippen LogP contribution in [0.4, 0.5) is 0 Å². The molecule has 2 rings (SSSR count). The highest BCUT2D eigenvalue weighted by Crippen LogP contribution is 2.39. The molecule has 5 nitrogen and oxygen atoms in total. The number of aryl methyl sites for hydroxylation is 1. The van der Waals surface area contributed by atoms with E-state index in [2.05, 4.69) is 5.32 Å². The summed E-state index contributed by atoms with van der Waals surface area (Å²) in [4.78, 5) is 12.1. The fourth-order valence-electron chi connectivity index (χ4n) is 2.83. The SMILES string of the molecule is Cc1cc(C[C@@H](NC(=O)CCCC[C@@H]2CCSS2)B(O)O)ccc1O. The number of benzene rings is 1. The lowest BCUT2D eigenvalue weighted by Gasteiger charge is -2.18. The molecule has 0 aliphatic carbocycles. The van der Waals surface area contributed by atoms with Crippen LogP contribution in [0.2, 0.25) is 0 Å². The van der Waals surface area contributed by atoms with Crippen molar-refractivity contribution in [2.75, 3.05) is 5.75 Å². The molecule has 0 radical (unpaired) electrons. The number of nitrogens with one attached hydrogen (secondary N) is 1. The number of hydrogen-bond donors (Lipinski definition) is 4. The van der Waals surface area contributed by atoms with Crippen LogP contribution in [0, 0.1) is 6.92 Å². The summed E-state index contributed by atoms with van der Waals surface area (Å²) in [7, 11) is 2.26. The summed E-state index contributed by atoms with van der Waals surface area (Å²) in [5, 5.41) is 32.1. The Morgan fingerprint density at radius 3 is 2.84 bits per heavy atom. The molecule has 1 aromatic rings. The van der Waals surface area contributed by atoms with Crippen molar-refractivity contribution in [2.45, 2.75) is 56.6 Å². The lowest BCUT2D eigenvalue weighted by molar-refractivity contribution is -0.121. The summed E-state index contributed by atoms with van der Waals surface area (Å²) >= 11 is 0. The van der Waals surface area contributed by atoms with Crippen LogP contribution in [0.15, 0.2) is 18.2 Å². The van der Waals surface area contributed by atoms with Crippen LogP contribution in [0.25, 0.3) is 0 Å². The quantitative estimate of drug-likeness (QED) is 0.298. The minimum Gasteiger partial charge on any atom is -0.508 e. The van der Waals surface area contributed by atoms with Crippen molar-refractivity contribution in [1.29, 1.82) is 0 Å². The Hall–Kier alpha value is -0.825. The van der Waals surface area contributed by atoms with Gasteiger partial charge in [-0.05, 0) is 49.8 Å². The largest absolute Gasteiger partial charge is 0.508 e. The van der Waals surface area contributed by atoms with Crippen molar-refractivity contribution in [1.82, 2.24) is 5.32 Å². The number of unbranched alkanes of at least 4 members (excludes halogenated alkanes) is 1. The number of rotatable bonds is 9. The summed E-state index contributed by atoms with van der Waals surface area (Å²) in [6.07, 6.45) is 4.95. The molecule has 2 atom stereocenters. The van der Waals surface area contributed by atoms with E-state index >= 15 is 0 Å². The second kappa shape index (κ2) is 10.4. The maximum absolute atomic E-state index is 12.1. The first kappa shape index (κ1) is 20.5. The second-order valence-electron chi connectivity index (χ2n) is 6.49. The van der Waals surface area contributed by atoms with Gasteiger partial charge in [-0.3, -0.25) is 4.79 Å². The lowest BCUT2D eigenvalue weighted by atomic mass is 9.75. The highest BCUT2D eigenvalue weighted by Gasteiger charge is 2.25. The Kier molecular flexibility index (Phi) is 8.48. The summed E-state index contributed by atoms with van der Waals surface area (Å²) < 4.78 is 0. The molecule has 0 bridgehead atoms. The molecule has 1 aromatic carbocycles. The van der Waals surface area contributed by atoms with Gasteiger partial charge in [0.2, 0.25) is 5.91 Å². The highest BCUT2D eigenvalue weighted by atomic mass is 33.1. The Bertz CT molecular complexity index is 568. The third kappa shape index (κ3) is 7.13. The predicted octanol–water partition coefficient (Wildman–Crippen LogP) is 2.45. The van der Waals surface area contributed by atoms with Crippen molar-refractivity contribution in [2.24, 2.45) is 0 Å². The molecule has 1 aliphatic heterocycles. The fraction of sp³-hybridized carbons (Fsp3) is 0.588. The van der Waals surface area contributed by atoms with Gasteiger partial charge in [0.05, 0.1) is 5.94 Å². The number of amides is 1. The van der Waals surface area contributed by atoms with E-state index in [0.29, 0.717) is 12.8 Å². The average Bonchev–Trinajstić information content (AvgIpc) is 3.07. The van der Waals surface area contributed by atoms with Crippen LogP contribution in [-0.4, -0.2) is 45.1 Å². The van der Waals surface area contributed by atoms with E-state index in [1.165, 1.54) is 12.2 Å². The minimum atomic E-state index is -1.62. The Labute approximate surface area is 157 Å². The van der Waals surface area contributed by atoms with Crippen LogP contribution in [0.1, 0.15) is 43.2 Å². The molecule has 1 saturated heterocycles. The van der Waals surface area contributed by atoms with Gasteiger partial charge in [-0.15, -0.1) is 0 Å². The van der Waals surface area contributed by atoms with Gasteiger partial charge in [0.1, 0.15) is 5.75 Å². The summed E-state index contributed by atoms with van der Waals surface area (Å²) in [5.41, 5.74) is 1.56. The van der Waals surface area contributed by atoms with Gasteiger partial charge in [-0.25, -0.2) is 0 Å². The normalized spacial score (nSPS) is 18.1. The van der Waals surface area contributed by atoms with Gasteiger partial charge >= 0.3 is 7.12 Å². The first-order valence-corrected chi connectivity index (χ1v) is 11.1. The van der Waals surface area contributed by atoms with Gasteiger partial charge in [0, 0.05) is 17.4 Å². The number of phenolic OH excluding ortho intramolecular Hbond substituents is 1. The molecule has 1 fully saturated rings. The average molecular weight is 383 g/mol. The van der Waals surface area contributed by atoms with Gasteiger partial charge < -0.3 is 20.5 Å². The highest BCUT2D eigenvalue weighted by molar-refractivity contribution is 8.77. The van der Waals surface area contributed by atoms with Crippen LogP contribution in [-0.2, 0) is 11.2 Å². The number of aromatic hydroxyl groups is 1. The van der Waals surface area contributed by atoms with Crippen molar-refractivity contribution < 1.29 is 19.9 Å². The van der Waals surface area contributed by atoms with Crippen LogP contribution < -0.4 is 5.32 Å². The van der Waals surface area contributed by atoms with E-state index in [4.69, 9.17) is 0 Å². The number of carbonyl (C=O) groups is 1. The molecule has 0 saturated carbocycles. The molecule has 1 amide bonds. The second-order valence-corrected chi connectivity index (χ2v) is 9.27. The van der Waals surface area contributed by atoms with Crippen LogP contribution in [0.5, 0.6) is 5.75 Å². The van der Waals surface area contributed by atoms with Crippen molar-refractivity contribution in [3.8, 4) is 5.75 Å². The zero-order chi connectivity index (χ0) is 18.2. The molecule has 0 aromatic heterocycles. The van der Waals surface area contributed by atoms with Crippen molar-refractivity contribution in [3.63, 3.8) is 0 Å². The predicted molar refractivity (Wildman–Crippen MR) is 106 cm³/mol. The molecular weight excluding hydrogens is 357 g/mol. The molecule has 1 aliphatic rings. The van der Waals surface area contributed by atoms with Gasteiger partial charge in [0.15, 0.2) is 0 Å². The summed E-state index contributed by atoms with van der Waals surface area (Å²) in [6.45, 7) is 1.78. The van der Waals surface area contributed by atoms with Crippen molar-refractivity contribution in [3.05, 3.63) is 29.3 Å². The zero-order valence-electron chi connectivity index (χ0n) is 14.5. The van der Waals surface area contributed by atoms with Gasteiger partial charge in [-0.1, -0.05) is 40.1 Å². The number of phenols is 1. The summed E-state index contributed by atoms with van der Waals surface area (Å²) in [5.74, 6) is 0.524.